The fraction of sp³-hybridized carbons (Fsp3) is 0.683. The number of thioether (sulfide) groups is 2. The van der Waals surface area contributed by atoms with E-state index in [-0.39, 0.29) is 169 Å². The molecule has 0 saturated carbocycles. The van der Waals surface area contributed by atoms with Crippen LogP contribution < -0.4 is 51.4 Å². The van der Waals surface area contributed by atoms with E-state index >= 15 is 0 Å². The van der Waals surface area contributed by atoms with Crippen LogP contribution in [0.3, 0.4) is 0 Å². The molecule has 8 unspecified atom stereocenters. The third kappa shape index (κ3) is 32.0. The van der Waals surface area contributed by atoms with Gasteiger partial charge in [0.1, 0.15) is 0 Å². The van der Waals surface area contributed by atoms with Crippen molar-refractivity contribution in [3.63, 3.8) is 0 Å². The van der Waals surface area contributed by atoms with E-state index in [1.54, 1.807) is 56.1 Å². The number of carbonyl (C=O) groups excluding carboxylic acids is 13. The first-order valence-corrected chi connectivity index (χ1v) is 36.7. The first kappa shape index (κ1) is 90.9. The number of carbonyl (C=O) groups is 13. The fourth-order valence-corrected chi connectivity index (χ4v) is 11.8. The molecule has 10 amide bonds. The Hall–Kier alpha value is 1.21. The van der Waals surface area contributed by atoms with Gasteiger partial charge in [-0.2, -0.15) is 0 Å². The van der Waals surface area contributed by atoms with Gasteiger partial charge in [-0.3, -0.25) is 57.5 Å². The molecule has 0 aromatic carbocycles. The second-order valence-corrected chi connectivity index (χ2v) is 25.6. The topological polar surface area (TPSA) is 275 Å². The second-order valence-electron chi connectivity index (χ2n) is 15.4. The molecule has 1 N–H and O–H groups in total. The van der Waals surface area contributed by atoms with Crippen molar-refractivity contribution >= 4 is 274 Å². The van der Waals surface area contributed by atoms with Crippen LogP contribution in [0.2, 0.25) is 0 Å². The number of halogens is 8. The van der Waals surface area contributed by atoms with Crippen molar-refractivity contribution in [2.75, 3.05) is 90.2 Å². The van der Waals surface area contributed by atoms with Crippen molar-refractivity contribution in [2.24, 2.45) is 0 Å². The standard InChI is InChI=1S/C10H14N2O4S2.C6H8Br2N2O2.C6H8N2O2S2.C6H10N2O2S2.C6H10N2O2.C2H4OS.C2H6O.C2H6.CHCl3.ClH.I2.K/c1-5(13)17-9-7(15)12(4)10(18-6(2)14)8(16)11(9)3;1-9-3(7)6(12)10(2)4(8)5(9)11;1-7-3(9)6-8(2)4(10)5(7)11-12-6;1-7-3(9)6(12)8(2)4(10)5(7)11;1-7-3-6(10)8(2)4-5(7)9;1-2(3)4;1-2-3;1-2;2-1(3)4;;1-2;/h9-10H,1-4H3;3-4H,1-2H3;5-6H,1-2H3;5-6,11-12H,1-2H3;3-4H2,1-2H3;1H3,(H,3,4);3H,2H2,1H3;1-2H3;1H;1H;;/q;;;;;;;;;;;+1/p-1/i;;;;;;;1D;;;;. The van der Waals surface area contributed by atoms with Crippen LogP contribution in [0.5, 0.6) is 0 Å². The average molecular weight is 1740 g/mol. The molecule has 81 heavy (non-hydrogen) atoms. The summed E-state index contributed by atoms with van der Waals surface area (Å²) in [6.07, 6.45) is 0. The van der Waals surface area contributed by atoms with Gasteiger partial charge in [-0.15, -0.1) is 37.7 Å². The van der Waals surface area contributed by atoms with E-state index in [4.69, 9.17) is 41.3 Å². The fourth-order valence-electron chi connectivity index (χ4n) is 5.36. The number of alkyl halides is 5. The normalized spacial score (nSPS) is 23.7. The van der Waals surface area contributed by atoms with E-state index < -0.39 is 35.7 Å². The van der Waals surface area contributed by atoms with E-state index in [0.29, 0.717) is 6.90 Å². The molecule has 7 fully saturated rings. The third-order valence-electron chi connectivity index (χ3n) is 9.69. The Kier molecular flexibility index (Phi) is 54.0. The monoisotopic (exact) mass is 1740 g/mol. The minimum Gasteiger partial charge on any atom is -0.742 e. The van der Waals surface area contributed by atoms with Crippen molar-refractivity contribution in [1.29, 1.82) is 0 Å². The molecule has 7 heterocycles. The van der Waals surface area contributed by atoms with Crippen LogP contribution in [0.1, 0.15) is 42.9 Å². The molecule has 24 nitrogen and oxygen atoms in total. The molecule has 7 aliphatic heterocycles. The van der Waals surface area contributed by atoms with Crippen LogP contribution in [0.15, 0.2) is 0 Å². The summed E-state index contributed by atoms with van der Waals surface area (Å²) in [5.41, 5.74) is 0. The zero-order valence-corrected chi connectivity index (χ0v) is 66.3. The van der Waals surface area contributed by atoms with Crippen LogP contribution in [-0.4, -0.2) is 265 Å². The minimum absolute atomic E-state index is 0. The number of amides is 10. The summed E-state index contributed by atoms with van der Waals surface area (Å²) in [6.45, 7) is 8.68. The van der Waals surface area contributed by atoms with Crippen molar-refractivity contribution in [3.05, 3.63) is 0 Å². The molecule has 0 radical (unpaired) electrons. The number of aliphatic hydroxyl groups excluding tert-OH is 1. The summed E-state index contributed by atoms with van der Waals surface area (Å²) in [5, 5.41) is 3.19. The summed E-state index contributed by atoms with van der Waals surface area (Å²) >= 11 is 38.5. The Balaban J connectivity index is -0.000000207. The molecular weight excluding hydrogens is 1680 g/mol. The Morgan fingerprint density at radius 3 is 1.04 bits per heavy atom. The predicted octanol–water partition coefficient (Wildman–Crippen LogP) is 1.08. The van der Waals surface area contributed by atoms with Gasteiger partial charge in [0.05, 0.1) is 13.1 Å². The molecule has 40 heteroatoms. The Morgan fingerprint density at radius 2 is 0.827 bits per heavy atom. The van der Waals surface area contributed by atoms with Gasteiger partial charge in [0, 0.05) is 135 Å². The average Bonchev–Trinajstić information content (AvgIpc) is 3.38. The van der Waals surface area contributed by atoms with E-state index in [9.17, 15) is 62.3 Å². The first-order chi connectivity index (χ1) is 36.7. The molecule has 8 atom stereocenters. The largest absolute Gasteiger partial charge is 1.00 e. The summed E-state index contributed by atoms with van der Waals surface area (Å²) in [4.78, 5) is 158. The molecule has 7 rings (SSSR count). The number of piperazine rings is 5. The second kappa shape index (κ2) is 48.1. The van der Waals surface area contributed by atoms with Gasteiger partial charge >= 0.3 is 51.4 Å². The predicted molar refractivity (Wildman–Crippen MR) is 354 cm³/mol. The molecule has 0 aromatic rings. The van der Waals surface area contributed by atoms with Crippen LogP contribution in [0.25, 0.3) is 0 Å². The molecule has 7 aliphatic rings. The number of fused-ring (bicyclic) bond motifs is 3. The van der Waals surface area contributed by atoms with Crippen LogP contribution >= 0.6 is 187 Å². The van der Waals surface area contributed by atoms with Crippen molar-refractivity contribution < 1.29 is 120 Å². The number of likely N-dealkylation sites (N-methyl/N-ethyl adjacent to an activating group) is 10. The number of hydrogen-bond donors (Lipinski definition) is 3. The van der Waals surface area contributed by atoms with Crippen LogP contribution in [-0.2, 0) is 75.0 Å². The molecule has 7 saturated heterocycles. The molecule has 0 aliphatic carbocycles. The zero-order valence-electron chi connectivity index (χ0n) is 47.7. The molecule has 0 spiro atoms. The summed E-state index contributed by atoms with van der Waals surface area (Å²) in [6, 6.07) is 0. The molecule has 464 valence electrons. The summed E-state index contributed by atoms with van der Waals surface area (Å²) in [5.74, 6) is -1.30. The van der Waals surface area contributed by atoms with Gasteiger partial charge in [-0.05, 0) is 13.8 Å². The van der Waals surface area contributed by atoms with E-state index in [1.165, 1.54) is 120 Å². The third-order valence-corrected chi connectivity index (χ3v) is 17.9. The van der Waals surface area contributed by atoms with Gasteiger partial charge in [-0.25, -0.2) is 0 Å². The smallest absolute Gasteiger partial charge is 0.742 e. The van der Waals surface area contributed by atoms with E-state index in [1.807, 2.05) is 0 Å². The first-order valence-electron chi connectivity index (χ1n) is 22.5. The zero-order chi connectivity index (χ0) is 64.1. The number of hydrogen-bond acceptors (Lipinski definition) is 21. The van der Waals surface area contributed by atoms with E-state index in [2.05, 4.69) is 107 Å². The number of aliphatic hydroxyl groups is 1. The quantitative estimate of drug-likeness (QED) is 0.0664. The number of nitrogens with zero attached hydrogens (tertiary/aromatic N) is 10. The van der Waals surface area contributed by atoms with Crippen molar-refractivity contribution in [1.82, 2.24) is 49.0 Å². The summed E-state index contributed by atoms with van der Waals surface area (Å²) < 4.78 is 5.46. The van der Waals surface area contributed by atoms with Gasteiger partial charge in [0.15, 0.2) is 56.7 Å². The Morgan fingerprint density at radius 1 is 0.605 bits per heavy atom. The maximum atomic E-state index is 12.0. The van der Waals surface area contributed by atoms with Gasteiger partial charge < -0.3 is 71.5 Å². The number of rotatable bonds is 2. The maximum absolute atomic E-state index is 12.0. The minimum atomic E-state index is -0.844. The number of thiol groups is 2. The van der Waals surface area contributed by atoms with Gasteiger partial charge in [0.2, 0.25) is 11.8 Å². The SMILES string of the molecule is CC(=O)SC1C(=O)N(C)C(SC(C)=O)C(=O)N1C.CC(=O)[S-].CCO.CN1C(=O)C(Br)N(C)C(=O)C1Br.CN1C(=O)C(S)N(C)C(=O)C1S.CN1C(=O)C2SSC1C(=O)N2C.CN1CC(=O)N(C)CC1=O.Cl.ClC(Cl)Cl.II.[2H]CC.[K+]. The summed E-state index contributed by atoms with van der Waals surface area (Å²) in [7, 11) is 18.7. The van der Waals surface area contributed by atoms with Gasteiger partial charge in [-0.1, -0.05) is 126 Å². The van der Waals surface area contributed by atoms with Crippen LogP contribution in [0.4, 0.5) is 0 Å². The maximum Gasteiger partial charge on any atom is 1.00 e. The van der Waals surface area contributed by atoms with E-state index in [0.717, 1.165) is 23.5 Å². The van der Waals surface area contributed by atoms with Crippen molar-refractivity contribution in [3.8, 4) is 0 Å². The molecular formula is C41H67Br2Cl4I2KN10O14S7. The van der Waals surface area contributed by atoms with Crippen molar-refractivity contribution in [2.45, 2.75) is 88.0 Å². The Bertz CT molecular complexity index is 1920. The van der Waals surface area contributed by atoms with Crippen LogP contribution in [0, 0.1) is 0 Å². The molecule has 0 aromatic heterocycles. The van der Waals surface area contributed by atoms with Gasteiger partial charge in [0.25, 0.3) is 47.3 Å². The molecule has 2 bridgehead atoms. The Labute approximate surface area is 612 Å².